The molecular formula is C62H40N2S. The highest BCUT2D eigenvalue weighted by molar-refractivity contribution is 7.26. The van der Waals surface area contributed by atoms with Gasteiger partial charge in [0.15, 0.2) is 0 Å². The maximum absolute atomic E-state index is 2.42. The fourth-order valence-corrected chi connectivity index (χ4v) is 11.4. The van der Waals surface area contributed by atoms with Gasteiger partial charge in [-0.2, -0.15) is 0 Å². The molecule has 13 rings (SSSR count). The summed E-state index contributed by atoms with van der Waals surface area (Å²) in [4.78, 5) is 2.39. The van der Waals surface area contributed by atoms with Crippen LogP contribution in [0.4, 0.5) is 17.1 Å². The van der Waals surface area contributed by atoms with Crippen molar-refractivity contribution in [1.82, 2.24) is 4.57 Å². The van der Waals surface area contributed by atoms with E-state index >= 15 is 0 Å². The van der Waals surface area contributed by atoms with Crippen LogP contribution in [0.15, 0.2) is 243 Å². The molecule has 0 saturated carbocycles. The number of fused-ring (bicyclic) bond motifs is 9. The van der Waals surface area contributed by atoms with Gasteiger partial charge in [0.2, 0.25) is 0 Å². The molecule has 11 aromatic carbocycles. The molecule has 0 radical (unpaired) electrons. The monoisotopic (exact) mass is 844 g/mol. The number of nitrogens with zero attached hydrogens (tertiary/aromatic N) is 2. The Bertz CT molecular complexity index is 3890. The fraction of sp³-hybridized carbons (Fsp3) is 0. The van der Waals surface area contributed by atoms with Crippen molar-refractivity contribution in [1.29, 1.82) is 0 Å². The Morgan fingerprint density at radius 2 is 0.862 bits per heavy atom. The molecule has 0 aliphatic rings. The lowest BCUT2D eigenvalue weighted by atomic mass is 9.97. The van der Waals surface area contributed by atoms with Crippen molar-refractivity contribution in [2.45, 2.75) is 0 Å². The minimum atomic E-state index is 1.09. The van der Waals surface area contributed by atoms with Crippen LogP contribution in [-0.4, -0.2) is 4.57 Å². The molecule has 0 atom stereocenters. The maximum Gasteiger partial charge on any atom is 0.0541 e. The Kier molecular flexibility index (Phi) is 8.75. The van der Waals surface area contributed by atoms with Crippen LogP contribution >= 0.6 is 11.3 Å². The third-order valence-electron chi connectivity index (χ3n) is 13.2. The third-order valence-corrected chi connectivity index (χ3v) is 14.4. The zero-order valence-electron chi connectivity index (χ0n) is 35.4. The predicted molar refractivity (Wildman–Crippen MR) is 280 cm³/mol. The number of anilines is 3. The average Bonchev–Trinajstić information content (AvgIpc) is 3.93. The highest BCUT2D eigenvalue weighted by Crippen LogP contribution is 2.43. The molecular weight excluding hydrogens is 805 g/mol. The van der Waals surface area contributed by atoms with Crippen molar-refractivity contribution in [3.8, 4) is 39.1 Å². The van der Waals surface area contributed by atoms with Crippen molar-refractivity contribution < 1.29 is 0 Å². The van der Waals surface area contributed by atoms with Gasteiger partial charge in [-0.05, 0) is 110 Å². The molecule has 2 heterocycles. The zero-order chi connectivity index (χ0) is 42.8. The van der Waals surface area contributed by atoms with Crippen molar-refractivity contribution in [2.24, 2.45) is 0 Å². The highest BCUT2D eigenvalue weighted by Gasteiger charge is 2.18. The van der Waals surface area contributed by atoms with Gasteiger partial charge < -0.3 is 9.47 Å². The van der Waals surface area contributed by atoms with E-state index in [0.717, 1.165) is 28.3 Å². The first-order chi connectivity index (χ1) is 32.2. The second-order valence-corrected chi connectivity index (χ2v) is 17.9. The van der Waals surface area contributed by atoms with E-state index in [2.05, 4.69) is 252 Å². The van der Waals surface area contributed by atoms with Crippen LogP contribution < -0.4 is 4.90 Å². The van der Waals surface area contributed by atoms with Gasteiger partial charge in [0, 0.05) is 53.6 Å². The van der Waals surface area contributed by atoms with E-state index in [1.807, 2.05) is 11.3 Å². The molecule has 304 valence electrons. The first kappa shape index (κ1) is 37.3. The Labute approximate surface area is 381 Å². The van der Waals surface area contributed by atoms with Gasteiger partial charge in [0.05, 0.1) is 16.7 Å². The van der Waals surface area contributed by atoms with E-state index in [4.69, 9.17) is 0 Å². The molecule has 0 aliphatic heterocycles. The van der Waals surface area contributed by atoms with Gasteiger partial charge in [0.25, 0.3) is 0 Å². The number of aromatic nitrogens is 1. The number of thiophene rings is 1. The molecule has 0 fully saturated rings. The largest absolute Gasteiger partial charge is 0.310 e. The molecule has 0 aliphatic carbocycles. The van der Waals surface area contributed by atoms with E-state index in [0.29, 0.717) is 0 Å². The lowest BCUT2D eigenvalue weighted by Crippen LogP contribution is -2.10. The predicted octanol–water partition coefficient (Wildman–Crippen LogP) is 17.9. The minimum Gasteiger partial charge on any atom is -0.310 e. The molecule has 0 saturated heterocycles. The molecule has 0 bridgehead atoms. The number of hydrogen-bond acceptors (Lipinski definition) is 2. The van der Waals surface area contributed by atoms with Crippen LogP contribution in [0.5, 0.6) is 0 Å². The van der Waals surface area contributed by atoms with E-state index in [1.165, 1.54) is 91.3 Å². The smallest absolute Gasteiger partial charge is 0.0541 e. The molecule has 0 spiro atoms. The van der Waals surface area contributed by atoms with Crippen LogP contribution in [-0.2, 0) is 0 Å². The summed E-state index contributed by atoms with van der Waals surface area (Å²) < 4.78 is 5.08. The van der Waals surface area contributed by atoms with E-state index in [9.17, 15) is 0 Å². The van der Waals surface area contributed by atoms with Gasteiger partial charge in [-0.15, -0.1) is 11.3 Å². The van der Waals surface area contributed by atoms with Crippen LogP contribution in [0.1, 0.15) is 0 Å². The number of benzene rings is 11. The summed E-state index contributed by atoms with van der Waals surface area (Å²) in [5.41, 5.74) is 14.0. The standard InChI is InChI=1S/C62H40N2S/c1-3-18-50-42(13-1)15-12-23-51(50)46-16-11-17-49(39-46)63(47-33-27-41(28-34-47)45-32-37-56-57-38-31-43-14-2-4-20-53(43)62(57)65-61(56)40-45)48-35-29-44(30-36-48)52-19-5-8-24-58(52)64-59-25-9-6-21-54(59)55-22-7-10-26-60(55)64/h1-40H. The van der Waals surface area contributed by atoms with Crippen molar-refractivity contribution >= 4 is 91.9 Å². The zero-order valence-corrected chi connectivity index (χ0v) is 36.2. The summed E-state index contributed by atoms with van der Waals surface area (Å²) in [5, 5.41) is 10.3. The molecule has 0 amide bonds. The third kappa shape index (κ3) is 6.24. The Morgan fingerprint density at radius 1 is 0.308 bits per heavy atom. The van der Waals surface area contributed by atoms with E-state index in [1.54, 1.807) is 0 Å². The lowest BCUT2D eigenvalue weighted by Gasteiger charge is -2.27. The van der Waals surface area contributed by atoms with Crippen molar-refractivity contribution in [3.05, 3.63) is 243 Å². The van der Waals surface area contributed by atoms with Gasteiger partial charge in [-0.3, -0.25) is 0 Å². The maximum atomic E-state index is 2.42. The van der Waals surface area contributed by atoms with E-state index < -0.39 is 0 Å². The fourth-order valence-electron chi connectivity index (χ4n) is 10.1. The van der Waals surface area contributed by atoms with Crippen LogP contribution in [0, 0.1) is 0 Å². The van der Waals surface area contributed by atoms with Gasteiger partial charge in [-0.25, -0.2) is 0 Å². The van der Waals surface area contributed by atoms with Gasteiger partial charge in [-0.1, -0.05) is 182 Å². The molecule has 0 unspecified atom stereocenters. The number of hydrogen-bond donors (Lipinski definition) is 0. The molecule has 2 aromatic heterocycles. The summed E-state index contributed by atoms with van der Waals surface area (Å²) in [6.07, 6.45) is 0. The van der Waals surface area contributed by atoms with Crippen molar-refractivity contribution in [2.75, 3.05) is 4.90 Å². The summed E-state index contributed by atoms with van der Waals surface area (Å²) in [5.74, 6) is 0. The van der Waals surface area contributed by atoms with Crippen LogP contribution in [0.2, 0.25) is 0 Å². The SMILES string of the molecule is c1cc(-c2cccc3ccccc23)cc(N(c2ccc(-c3ccc4c(c3)sc3c5ccccc5ccc43)cc2)c2ccc(-c3ccccc3-n3c4ccccc4c4ccccc43)cc2)c1. The second-order valence-electron chi connectivity index (χ2n) is 16.9. The highest BCUT2D eigenvalue weighted by atomic mass is 32.1. The lowest BCUT2D eigenvalue weighted by molar-refractivity contribution is 1.18. The van der Waals surface area contributed by atoms with Crippen LogP contribution in [0.3, 0.4) is 0 Å². The van der Waals surface area contributed by atoms with Gasteiger partial charge in [0.1, 0.15) is 0 Å². The number of rotatable bonds is 7. The summed E-state index contributed by atoms with van der Waals surface area (Å²) in [7, 11) is 0. The van der Waals surface area contributed by atoms with Crippen LogP contribution in [0.25, 0.3) is 103 Å². The first-order valence-electron chi connectivity index (χ1n) is 22.2. The molecule has 3 heteroatoms. The summed E-state index contributed by atoms with van der Waals surface area (Å²) in [6, 6.07) is 88.9. The Morgan fingerprint density at radius 3 is 1.62 bits per heavy atom. The Hall–Kier alpha value is -8.24. The topological polar surface area (TPSA) is 8.17 Å². The summed E-state index contributed by atoms with van der Waals surface area (Å²) in [6.45, 7) is 0. The molecule has 2 nitrogen and oxygen atoms in total. The Balaban J connectivity index is 0.915. The van der Waals surface area contributed by atoms with Crippen molar-refractivity contribution in [3.63, 3.8) is 0 Å². The quantitative estimate of drug-likeness (QED) is 0.155. The number of para-hydroxylation sites is 3. The molecule has 0 N–H and O–H groups in total. The van der Waals surface area contributed by atoms with Gasteiger partial charge >= 0.3 is 0 Å². The molecule has 65 heavy (non-hydrogen) atoms. The minimum absolute atomic E-state index is 1.09. The second kappa shape index (κ2) is 15.2. The van der Waals surface area contributed by atoms with E-state index in [-0.39, 0.29) is 0 Å². The summed E-state index contributed by atoms with van der Waals surface area (Å²) >= 11 is 1.89. The average molecular weight is 845 g/mol. The normalized spacial score (nSPS) is 11.7. The first-order valence-corrected chi connectivity index (χ1v) is 23.1. The molecule has 13 aromatic rings.